The second kappa shape index (κ2) is 8.58. The lowest BCUT2D eigenvalue weighted by Gasteiger charge is -2.46. The summed E-state index contributed by atoms with van der Waals surface area (Å²) >= 11 is 8.02. The number of hydrogen-bond donors (Lipinski definition) is 2. The van der Waals surface area contributed by atoms with Crippen LogP contribution in [0.1, 0.15) is 44.0 Å². The average molecular weight is 484 g/mol. The lowest BCUT2D eigenvalue weighted by atomic mass is 9.69. The van der Waals surface area contributed by atoms with E-state index in [-0.39, 0.29) is 28.3 Å². The normalized spacial score (nSPS) is 31.6. The molecule has 2 bridgehead atoms. The van der Waals surface area contributed by atoms with Crippen molar-refractivity contribution in [2.45, 2.75) is 49.4 Å². The summed E-state index contributed by atoms with van der Waals surface area (Å²) in [6.07, 6.45) is 1.98. The number of anilines is 1. The topological polar surface area (TPSA) is 49.3 Å². The van der Waals surface area contributed by atoms with E-state index in [1.165, 1.54) is 6.07 Å². The van der Waals surface area contributed by atoms with E-state index < -0.39 is 29.0 Å². The Morgan fingerprint density at radius 3 is 2.47 bits per heavy atom. The summed E-state index contributed by atoms with van der Waals surface area (Å²) in [6, 6.07) is 6.24. The molecule has 2 aromatic carbocycles. The molecule has 3 nitrogen and oxygen atoms in total. The van der Waals surface area contributed by atoms with Gasteiger partial charge in [-0.1, -0.05) is 25.4 Å². The largest absolute Gasteiger partial charge is 0.390 e. The van der Waals surface area contributed by atoms with Gasteiger partial charge in [-0.05, 0) is 55.7 Å². The van der Waals surface area contributed by atoms with Crippen LogP contribution in [0.15, 0.2) is 35.2 Å². The minimum absolute atomic E-state index is 0.111. The monoisotopic (exact) mass is 483 g/mol. The zero-order valence-corrected chi connectivity index (χ0v) is 19.5. The van der Waals surface area contributed by atoms with Gasteiger partial charge in [0, 0.05) is 39.4 Å². The number of halogens is 4. The summed E-state index contributed by atoms with van der Waals surface area (Å²) in [4.78, 5) is 13.4. The Balaban J connectivity index is 1.57. The maximum Gasteiger partial charge on any atom is 0.255 e. The molecule has 1 amide bonds. The van der Waals surface area contributed by atoms with E-state index in [4.69, 9.17) is 11.6 Å². The highest BCUT2D eigenvalue weighted by Crippen LogP contribution is 2.58. The highest BCUT2D eigenvalue weighted by molar-refractivity contribution is 8.00. The first-order chi connectivity index (χ1) is 15.0. The van der Waals surface area contributed by atoms with Gasteiger partial charge in [-0.25, -0.2) is 13.2 Å². The van der Waals surface area contributed by atoms with Gasteiger partial charge in [0.1, 0.15) is 0 Å². The third kappa shape index (κ3) is 4.15. The van der Waals surface area contributed by atoms with Gasteiger partial charge < -0.3 is 10.4 Å². The van der Waals surface area contributed by atoms with Crippen molar-refractivity contribution in [3.8, 4) is 0 Å². The zero-order valence-electron chi connectivity index (χ0n) is 18.0. The molecule has 0 spiro atoms. The predicted molar refractivity (Wildman–Crippen MR) is 121 cm³/mol. The molecule has 0 saturated heterocycles. The molecule has 6 unspecified atom stereocenters. The number of aliphatic hydroxyl groups is 1. The van der Waals surface area contributed by atoms with Crippen LogP contribution in [0.2, 0.25) is 5.02 Å². The fraction of sp³-hybridized carbons (Fsp3) is 0.458. The van der Waals surface area contributed by atoms with Crippen LogP contribution in [0, 0.1) is 41.1 Å². The van der Waals surface area contributed by atoms with Gasteiger partial charge in [0.05, 0.1) is 10.6 Å². The summed E-state index contributed by atoms with van der Waals surface area (Å²) in [5.41, 5.74) is -0.694. The van der Waals surface area contributed by atoms with Crippen LogP contribution in [0.5, 0.6) is 0 Å². The molecule has 6 atom stereocenters. The van der Waals surface area contributed by atoms with Crippen LogP contribution in [0.25, 0.3) is 0 Å². The maximum atomic E-state index is 13.5. The third-order valence-electron chi connectivity index (χ3n) is 7.13. The molecular weight excluding hydrogens is 459 g/mol. The van der Waals surface area contributed by atoms with Crippen LogP contribution in [-0.2, 0) is 0 Å². The van der Waals surface area contributed by atoms with Gasteiger partial charge in [0.15, 0.2) is 17.5 Å². The number of nitrogens with one attached hydrogen (secondary N) is 1. The fourth-order valence-corrected chi connectivity index (χ4v) is 7.44. The molecule has 2 N–H and O–H groups in total. The van der Waals surface area contributed by atoms with Crippen molar-refractivity contribution >= 4 is 35.0 Å². The first kappa shape index (κ1) is 23.5. The second-order valence-corrected chi connectivity index (χ2v) is 10.9. The smallest absolute Gasteiger partial charge is 0.255 e. The zero-order chi connectivity index (χ0) is 23.4. The van der Waals surface area contributed by atoms with Crippen molar-refractivity contribution in [3.05, 3.63) is 58.4 Å². The SMILES string of the molecule is CC1CC2CC(C)C(C)(O)C1C2Sc1cc(C(=O)Nc2cc(F)c(F)c(F)c2)ccc1Cl. The summed E-state index contributed by atoms with van der Waals surface area (Å²) < 4.78 is 40.1. The lowest BCUT2D eigenvalue weighted by molar-refractivity contribution is -0.0744. The van der Waals surface area contributed by atoms with E-state index in [1.54, 1.807) is 23.9 Å². The van der Waals surface area contributed by atoms with Crippen molar-refractivity contribution in [3.63, 3.8) is 0 Å². The standard InChI is InChI=1S/C24H25ClF3NO2S/c1-11-6-14-7-12(2)24(3,31)20(11)22(14)32-19-8-13(4-5-16(19)25)23(30)29-15-9-17(26)21(28)18(27)10-15/h4-5,8-12,14,20,22,31H,6-7H2,1-3H3,(H,29,30). The molecule has 0 aliphatic heterocycles. The quantitative estimate of drug-likeness (QED) is 0.486. The Hall–Kier alpha value is -1.70. The number of benzene rings is 2. The van der Waals surface area contributed by atoms with Gasteiger partial charge in [0.25, 0.3) is 5.91 Å². The Morgan fingerprint density at radius 1 is 1.16 bits per heavy atom. The van der Waals surface area contributed by atoms with Gasteiger partial charge in [0.2, 0.25) is 0 Å². The Labute approximate surface area is 194 Å². The molecule has 0 aromatic heterocycles. The van der Waals surface area contributed by atoms with Crippen LogP contribution >= 0.6 is 23.4 Å². The van der Waals surface area contributed by atoms with Crippen LogP contribution in [0.4, 0.5) is 18.9 Å². The van der Waals surface area contributed by atoms with Crippen molar-refractivity contribution in [1.29, 1.82) is 0 Å². The number of fused-ring (bicyclic) bond motifs is 2. The number of amides is 1. The van der Waals surface area contributed by atoms with E-state index >= 15 is 0 Å². The van der Waals surface area contributed by atoms with Crippen molar-refractivity contribution in [1.82, 2.24) is 0 Å². The molecule has 2 saturated carbocycles. The van der Waals surface area contributed by atoms with E-state index in [1.807, 2.05) is 6.92 Å². The average Bonchev–Trinajstić information content (AvgIpc) is 2.97. The predicted octanol–water partition coefficient (Wildman–Crippen LogP) is 6.53. The molecule has 32 heavy (non-hydrogen) atoms. The number of carbonyl (C=O) groups excluding carboxylic acids is 1. The molecule has 0 radical (unpaired) electrons. The highest BCUT2D eigenvalue weighted by Gasteiger charge is 2.56. The maximum absolute atomic E-state index is 13.5. The molecule has 2 aliphatic rings. The minimum Gasteiger partial charge on any atom is -0.390 e. The minimum atomic E-state index is -1.59. The number of rotatable bonds is 4. The summed E-state index contributed by atoms with van der Waals surface area (Å²) in [5, 5.41) is 14.3. The molecular formula is C24H25ClF3NO2S. The fourth-order valence-electron chi connectivity index (χ4n) is 5.42. The van der Waals surface area contributed by atoms with E-state index in [0.29, 0.717) is 16.9 Å². The van der Waals surface area contributed by atoms with Crippen LogP contribution in [-0.4, -0.2) is 21.9 Å². The van der Waals surface area contributed by atoms with E-state index in [0.717, 1.165) is 29.9 Å². The third-order valence-corrected chi connectivity index (χ3v) is 9.12. The van der Waals surface area contributed by atoms with Gasteiger partial charge in [-0.15, -0.1) is 11.8 Å². The highest BCUT2D eigenvalue weighted by atomic mass is 35.5. The Bertz CT molecular complexity index is 1040. The second-order valence-electron chi connectivity index (χ2n) is 9.30. The number of hydrogen-bond acceptors (Lipinski definition) is 3. The molecule has 4 rings (SSSR count). The molecule has 8 heteroatoms. The Morgan fingerprint density at radius 2 is 1.81 bits per heavy atom. The molecule has 2 fully saturated rings. The van der Waals surface area contributed by atoms with Crippen molar-refractivity contribution < 1.29 is 23.1 Å². The van der Waals surface area contributed by atoms with Crippen molar-refractivity contribution in [2.75, 3.05) is 5.32 Å². The van der Waals surface area contributed by atoms with Gasteiger partial charge >= 0.3 is 0 Å². The van der Waals surface area contributed by atoms with Gasteiger partial charge in [-0.2, -0.15) is 0 Å². The lowest BCUT2D eigenvalue weighted by Crippen LogP contribution is -2.50. The van der Waals surface area contributed by atoms with E-state index in [2.05, 4.69) is 19.2 Å². The number of carbonyl (C=O) groups is 1. The van der Waals surface area contributed by atoms with Crippen LogP contribution < -0.4 is 5.32 Å². The first-order valence-corrected chi connectivity index (χ1v) is 11.9. The Kier molecular flexibility index (Phi) is 6.29. The van der Waals surface area contributed by atoms with Gasteiger partial charge in [-0.3, -0.25) is 4.79 Å². The van der Waals surface area contributed by atoms with E-state index in [9.17, 15) is 23.1 Å². The molecule has 0 heterocycles. The van der Waals surface area contributed by atoms with Crippen LogP contribution in [0.3, 0.4) is 0 Å². The first-order valence-electron chi connectivity index (χ1n) is 10.6. The summed E-state index contributed by atoms with van der Waals surface area (Å²) in [7, 11) is 0. The summed E-state index contributed by atoms with van der Waals surface area (Å²) in [6.45, 7) is 6.19. The van der Waals surface area contributed by atoms with Crippen molar-refractivity contribution in [2.24, 2.45) is 23.7 Å². The number of thioether (sulfide) groups is 1. The molecule has 172 valence electrons. The summed E-state index contributed by atoms with van der Waals surface area (Å²) in [5.74, 6) is -3.78. The molecule has 2 aliphatic carbocycles. The molecule has 2 aromatic rings.